The Kier molecular flexibility index (Phi) is 4.37. The fourth-order valence-electron chi connectivity index (χ4n) is 2.08. The molecule has 0 bridgehead atoms. The van der Waals surface area contributed by atoms with E-state index < -0.39 is 0 Å². The second-order valence-electron chi connectivity index (χ2n) is 5.06. The van der Waals surface area contributed by atoms with E-state index in [2.05, 4.69) is 26.2 Å². The van der Waals surface area contributed by atoms with Gasteiger partial charge in [0.1, 0.15) is 23.4 Å². The summed E-state index contributed by atoms with van der Waals surface area (Å²) in [5, 5.41) is 3.01. The molecule has 0 aromatic carbocycles. The molecule has 1 aliphatic heterocycles. The lowest BCUT2D eigenvalue weighted by Gasteiger charge is -2.33. The molecule has 1 aliphatic rings. The molecule has 8 heteroatoms. The Morgan fingerprint density at radius 2 is 2.23 bits per heavy atom. The Hall–Kier alpha value is -1.57. The number of nitrogens with one attached hydrogen (secondary N) is 1. The molecule has 3 rings (SSSR count). The van der Waals surface area contributed by atoms with E-state index in [0.717, 1.165) is 4.47 Å². The standard InChI is InChI=1S/C14H14BrClN4O2/c1-19-6-9(15)4-12(14(19)21)18-13-3-2-10(5-17-13)22-11-7-20(16)8-11/h2-6,11H,7-8H2,1H3,(H,17,18). The van der Waals surface area contributed by atoms with Crippen LogP contribution in [0.15, 0.2) is 39.9 Å². The molecule has 0 amide bonds. The van der Waals surface area contributed by atoms with Crippen molar-refractivity contribution < 1.29 is 4.74 Å². The maximum atomic E-state index is 12.0. The number of hydrogen-bond acceptors (Lipinski definition) is 5. The maximum absolute atomic E-state index is 12.0. The number of anilines is 2. The molecule has 3 heterocycles. The highest BCUT2D eigenvalue weighted by molar-refractivity contribution is 9.10. The second kappa shape index (κ2) is 6.28. The summed E-state index contributed by atoms with van der Waals surface area (Å²) in [5.74, 6) is 1.26. The van der Waals surface area contributed by atoms with E-state index in [9.17, 15) is 4.79 Å². The third-order valence-corrected chi connectivity index (χ3v) is 3.96. The monoisotopic (exact) mass is 384 g/mol. The van der Waals surface area contributed by atoms with E-state index in [0.29, 0.717) is 30.3 Å². The molecule has 0 atom stereocenters. The first-order chi connectivity index (χ1) is 10.5. The van der Waals surface area contributed by atoms with E-state index in [-0.39, 0.29) is 11.7 Å². The van der Waals surface area contributed by atoms with Crippen molar-refractivity contribution in [1.82, 2.24) is 14.0 Å². The van der Waals surface area contributed by atoms with Crippen LogP contribution in [0.4, 0.5) is 11.5 Å². The average molecular weight is 386 g/mol. The molecule has 116 valence electrons. The molecule has 1 saturated heterocycles. The van der Waals surface area contributed by atoms with Crippen LogP contribution in [0.5, 0.6) is 5.75 Å². The molecule has 22 heavy (non-hydrogen) atoms. The van der Waals surface area contributed by atoms with Crippen LogP contribution in [0, 0.1) is 0 Å². The average Bonchev–Trinajstić information content (AvgIpc) is 2.44. The summed E-state index contributed by atoms with van der Waals surface area (Å²) in [5.41, 5.74) is 0.330. The lowest BCUT2D eigenvalue weighted by Crippen LogP contribution is -2.48. The van der Waals surface area contributed by atoms with Gasteiger partial charge in [0.2, 0.25) is 0 Å². The first-order valence-electron chi connectivity index (χ1n) is 6.68. The number of rotatable bonds is 4. The summed E-state index contributed by atoms with van der Waals surface area (Å²) in [6, 6.07) is 5.30. The zero-order chi connectivity index (χ0) is 15.7. The van der Waals surface area contributed by atoms with E-state index in [1.165, 1.54) is 4.57 Å². The number of nitrogens with zero attached hydrogens (tertiary/aromatic N) is 3. The van der Waals surface area contributed by atoms with Crippen LogP contribution in [0.1, 0.15) is 0 Å². The van der Waals surface area contributed by atoms with Gasteiger partial charge >= 0.3 is 0 Å². The molecule has 0 aliphatic carbocycles. The van der Waals surface area contributed by atoms with Crippen LogP contribution in [-0.2, 0) is 7.05 Å². The second-order valence-corrected chi connectivity index (χ2v) is 6.45. The predicted molar refractivity (Wildman–Crippen MR) is 88.7 cm³/mol. The zero-order valence-electron chi connectivity index (χ0n) is 11.8. The Balaban J connectivity index is 1.70. The SMILES string of the molecule is Cn1cc(Br)cc(Nc2ccc(OC3CN(Cl)C3)cn2)c1=O. The molecule has 0 saturated carbocycles. The van der Waals surface area contributed by atoms with Crippen LogP contribution in [0.2, 0.25) is 0 Å². The summed E-state index contributed by atoms with van der Waals surface area (Å²) >= 11 is 9.12. The minimum Gasteiger partial charge on any atom is -0.486 e. The largest absolute Gasteiger partial charge is 0.486 e. The van der Waals surface area contributed by atoms with E-state index in [1.807, 2.05) is 6.07 Å². The van der Waals surface area contributed by atoms with Gasteiger partial charge in [0, 0.05) is 17.7 Å². The maximum Gasteiger partial charge on any atom is 0.274 e. The van der Waals surface area contributed by atoms with Crippen molar-refractivity contribution in [3.63, 3.8) is 0 Å². The smallest absolute Gasteiger partial charge is 0.274 e. The summed E-state index contributed by atoms with van der Waals surface area (Å²) in [4.78, 5) is 16.3. The van der Waals surface area contributed by atoms with Gasteiger partial charge in [-0.25, -0.2) is 9.40 Å². The van der Waals surface area contributed by atoms with Crippen LogP contribution >= 0.6 is 27.7 Å². The summed E-state index contributed by atoms with van der Waals surface area (Å²) in [6.07, 6.45) is 3.44. The molecule has 1 N–H and O–H groups in total. The van der Waals surface area contributed by atoms with Crippen LogP contribution < -0.4 is 15.6 Å². The fourth-order valence-corrected chi connectivity index (χ4v) is 2.92. The van der Waals surface area contributed by atoms with Gasteiger partial charge in [-0.05, 0) is 45.9 Å². The fraction of sp³-hybridized carbons (Fsp3) is 0.286. The molecule has 0 unspecified atom stereocenters. The summed E-state index contributed by atoms with van der Waals surface area (Å²) < 4.78 is 9.67. The Morgan fingerprint density at radius 3 is 2.86 bits per heavy atom. The highest BCUT2D eigenvalue weighted by Crippen LogP contribution is 2.21. The van der Waals surface area contributed by atoms with E-state index in [1.54, 1.807) is 36.0 Å². The van der Waals surface area contributed by atoms with E-state index in [4.69, 9.17) is 16.5 Å². The van der Waals surface area contributed by atoms with Crippen molar-refractivity contribution in [3.05, 3.63) is 45.4 Å². The van der Waals surface area contributed by atoms with Gasteiger partial charge in [-0.3, -0.25) is 4.79 Å². The van der Waals surface area contributed by atoms with Gasteiger partial charge in [0.15, 0.2) is 0 Å². The number of aryl methyl sites for hydroxylation is 1. The predicted octanol–water partition coefficient (Wildman–Crippen LogP) is 2.50. The first kappa shape index (κ1) is 15.3. The van der Waals surface area contributed by atoms with Gasteiger partial charge in [-0.15, -0.1) is 0 Å². The van der Waals surface area contributed by atoms with Gasteiger partial charge < -0.3 is 14.6 Å². The molecule has 0 radical (unpaired) electrons. The molecular weight excluding hydrogens is 372 g/mol. The van der Waals surface area contributed by atoms with Crippen molar-refractivity contribution in [2.75, 3.05) is 18.4 Å². The molecule has 1 fully saturated rings. The van der Waals surface area contributed by atoms with Gasteiger partial charge in [0.05, 0.1) is 19.3 Å². The minimum absolute atomic E-state index is 0.107. The van der Waals surface area contributed by atoms with Crippen molar-refractivity contribution >= 4 is 39.2 Å². The molecule has 6 nitrogen and oxygen atoms in total. The topological polar surface area (TPSA) is 59.4 Å². The number of aromatic nitrogens is 2. The van der Waals surface area contributed by atoms with Crippen LogP contribution in [0.25, 0.3) is 0 Å². The first-order valence-corrected chi connectivity index (χ1v) is 7.81. The van der Waals surface area contributed by atoms with Crippen LogP contribution in [0.3, 0.4) is 0 Å². The normalized spacial score (nSPS) is 15.4. The number of pyridine rings is 2. The zero-order valence-corrected chi connectivity index (χ0v) is 14.1. The molecule has 0 spiro atoms. The molecule has 2 aromatic rings. The highest BCUT2D eigenvalue weighted by Gasteiger charge is 2.26. The lowest BCUT2D eigenvalue weighted by molar-refractivity contribution is 0.0781. The van der Waals surface area contributed by atoms with Crippen molar-refractivity contribution in [2.24, 2.45) is 7.05 Å². The quantitative estimate of drug-likeness (QED) is 0.820. The van der Waals surface area contributed by atoms with Crippen molar-refractivity contribution in [1.29, 1.82) is 0 Å². The van der Waals surface area contributed by atoms with Crippen LogP contribution in [-0.4, -0.2) is 33.2 Å². The third-order valence-electron chi connectivity index (χ3n) is 3.26. The number of hydrogen-bond donors (Lipinski definition) is 1. The number of ether oxygens (including phenoxy) is 1. The molecular formula is C14H14BrClN4O2. The van der Waals surface area contributed by atoms with Gasteiger partial charge in [-0.2, -0.15) is 0 Å². The van der Waals surface area contributed by atoms with Crippen molar-refractivity contribution in [3.8, 4) is 5.75 Å². The number of halogens is 2. The Labute approximate surface area is 140 Å². The summed E-state index contributed by atoms with van der Waals surface area (Å²) in [6.45, 7) is 1.41. The van der Waals surface area contributed by atoms with Crippen molar-refractivity contribution in [2.45, 2.75) is 6.10 Å². The molecule has 2 aromatic heterocycles. The highest BCUT2D eigenvalue weighted by atomic mass is 79.9. The van der Waals surface area contributed by atoms with Gasteiger partial charge in [0.25, 0.3) is 5.56 Å². The lowest BCUT2D eigenvalue weighted by atomic mass is 10.2. The van der Waals surface area contributed by atoms with Gasteiger partial charge in [-0.1, -0.05) is 0 Å². The minimum atomic E-state index is -0.123. The Morgan fingerprint density at radius 1 is 1.45 bits per heavy atom. The van der Waals surface area contributed by atoms with E-state index >= 15 is 0 Å². The third kappa shape index (κ3) is 3.43. The Bertz CT molecular complexity index is 729. The summed E-state index contributed by atoms with van der Waals surface area (Å²) in [7, 11) is 1.70.